The Balaban J connectivity index is 2.65. The molecule has 0 spiro atoms. The summed E-state index contributed by atoms with van der Waals surface area (Å²) in [4.78, 5) is 0. The lowest BCUT2D eigenvalue weighted by Crippen LogP contribution is -2.47. The summed E-state index contributed by atoms with van der Waals surface area (Å²) in [5.74, 6) is 0. The molecule has 0 bridgehead atoms. The van der Waals surface area contributed by atoms with Gasteiger partial charge in [0.05, 0.1) is 25.4 Å². The monoisotopic (exact) mass is 176 g/mol. The number of rotatable bonds is 3. The third-order valence-corrected chi connectivity index (χ3v) is 2.25. The predicted octanol–water partition coefficient (Wildman–Crippen LogP) is -0.466. The first kappa shape index (κ1) is 9.92. The minimum atomic E-state index is -0.895. The van der Waals surface area contributed by atoms with Gasteiger partial charge in [-0.3, -0.25) is 0 Å². The molecule has 0 radical (unpaired) electrons. The molecule has 0 amide bonds. The van der Waals surface area contributed by atoms with Gasteiger partial charge in [0, 0.05) is 13.5 Å². The van der Waals surface area contributed by atoms with Crippen LogP contribution in [0.25, 0.3) is 0 Å². The average molecular weight is 176 g/mol. The summed E-state index contributed by atoms with van der Waals surface area (Å²) < 4.78 is 10.3. The zero-order valence-electron chi connectivity index (χ0n) is 7.49. The van der Waals surface area contributed by atoms with Gasteiger partial charge in [-0.05, 0) is 6.92 Å². The fourth-order valence-electron chi connectivity index (χ4n) is 1.62. The minimum Gasteiger partial charge on any atom is -0.393 e. The fraction of sp³-hybridized carbons (Fsp3) is 1.00. The van der Waals surface area contributed by atoms with Gasteiger partial charge in [0.25, 0.3) is 0 Å². The standard InChI is InChI=1S/C8H16O4/c1-6-3-7(10)8(4-9,12-6)5-11-2/h6-7,9-10H,3-5H2,1-2H3/t6-,7?,8+/m0/s1. The van der Waals surface area contributed by atoms with E-state index in [-0.39, 0.29) is 19.3 Å². The molecule has 4 nitrogen and oxygen atoms in total. The highest BCUT2D eigenvalue weighted by Gasteiger charge is 2.46. The maximum atomic E-state index is 9.58. The molecule has 0 aromatic rings. The van der Waals surface area contributed by atoms with E-state index in [4.69, 9.17) is 14.6 Å². The number of hydrogen-bond acceptors (Lipinski definition) is 4. The highest BCUT2D eigenvalue weighted by molar-refractivity contribution is 4.95. The summed E-state index contributed by atoms with van der Waals surface area (Å²) in [5, 5.41) is 18.6. The van der Waals surface area contributed by atoms with E-state index in [0.29, 0.717) is 6.42 Å². The molecule has 3 atom stereocenters. The van der Waals surface area contributed by atoms with Crippen molar-refractivity contribution in [2.24, 2.45) is 0 Å². The van der Waals surface area contributed by atoms with Crippen LogP contribution in [-0.4, -0.2) is 48.3 Å². The summed E-state index contributed by atoms with van der Waals surface area (Å²) in [6.45, 7) is 1.90. The van der Waals surface area contributed by atoms with E-state index in [2.05, 4.69) is 0 Å². The number of ether oxygens (including phenoxy) is 2. The van der Waals surface area contributed by atoms with Gasteiger partial charge < -0.3 is 19.7 Å². The molecule has 0 aromatic heterocycles. The third kappa shape index (κ3) is 1.61. The van der Waals surface area contributed by atoms with Gasteiger partial charge in [0.2, 0.25) is 0 Å². The van der Waals surface area contributed by atoms with Crippen LogP contribution in [0.1, 0.15) is 13.3 Å². The van der Waals surface area contributed by atoms with Crippen LogP contribution in [0.2, 0.25) is 0 Å². The van der Waals surface area contributed by atoms with E-state index in [9.17, 15) is 5.11 Å². The van der Waals surface area contributed by atoms with E-state index in [1.54, 1.807) is 0 Å². The Morgan fingerprint density at radius 1 is 1.67 bits per heavy atom. The molecule has 1 heterocycles. The summed E-state index contributed by atoms with van der Waals surface area (Å²) in [5.41, 5.74) is -0.895. The molecule has 1 aliphatic rings. The number of aliphatic hydroxyl groups is 2. The van der Waals surface area contributed by atoms with Crippen LogP contribution in [-0.2, 0) is 9.47 Å². The number of aliphatic hydroxyl groups excluding tert-OH is 2. The lowest BCUT2D eigenvalue weighted by Gasteiger charge is -2.28. The quantitative estimate of drug-likeness (QED) is 0.610. The van der Waals surface area contributed by atoms with Gasteiger partial charge in [-0.2, -0.15) is 0 Å². The Bertz CT molecular complexity index is 150. The predicted molar refractivity (Wildman–Crippen MR) is 42.9 cm³/mol. The first-order valence-corrected chi connectivity index (χ1v) is 4.10. The smallest absolute Gasteiger partial charge is 0.140 e. The van der Waals surface area contributed by atoms with Crippen LogP contribution in [0.4, 0.5) is 0 Å². The lowest BCUT2D eigenvalue weighted by molar-refractivity contribution is -0.139. The van der Waals surface area contributed by atoms with Gasteiger partial charge >= 0.3 is 0 Å². The van der Waals surface area contributed by atoms with Crippen LogP contribution < -0.4 is 0 Å². The zero-order valence-corrected chi connectivity index (χ0v) is 7.49. The SMILES string of the molecule is COC[C@@]1(CO)O[C@@H](C)CC1O. The van der Waals surface area contributed by atoms with E-state index in [1.165, 1.54) is 7.11 Å². The van der Waals surface area contributed by atoms with Gasteiger partial charge in [-0.1, -0.05) is 0 Å². The van der Waals surface area contributed by atoms with Crippen molar-refractivity contribution in [1.82, 2.24) is 0 Å². The third-order valence-electron chi connectivity index (χ3n) is 2.25. The van der Waals surface area contributed by atoms with E-state index in [0.717, 1.165) is 0 Å². The van der Waals surface area contributed by atoms with Gasteiger partial charge in [-0.25, -0.2) is 0 Å². The molecule has 2 N–H and O–H groups in total. The molecule has 12 heavy (non-hydrogen) atoms. The van der Waals surface area contributed by atoms with Crippen LogP contribution in [0.5, 0.6) is 0 Å². The van der Waals surface area contributed by atoms with Crippen LogP contribution in [0.3, 0.4) is 0 Å². The lowest BCUT2D eigenvalue weighted by atomic mass is 9.98. The summed E-state index contributed by atoms with van der Waals surface area (Å²) in [6.07, 6.45) is -0.0797. The first-order valence-electron chi connectivity index (χ1n) is 4.10. The highest BCUT2D eigenvalue weighted by atomic mass is 16.6. The van der Waals surface area contributed by atoms with Crippen molar-refractivity contribution in [3.05, 3.63) is 0 Å². The zero-order chi connectivity index (χ0) is 9.19. The van der Waals surface area contributed by atoms with Crippen molar-refractivity contribution < 1.29 is 19.7 Å². The second-order valence-corrected chi connectivity index (χ2v) is 3.34. The number of methoxy groups -OCH3 is 1. The van der Waals surface area contributed by atoms with Crippen molar-refractivity contribution in [3.63, 3.8) is 0 Å². The van der Waals surface area contributed by atoms with Crippen molar-refractivity contribution in [3.8, 4) is 0 Å². The Morgan fingerprint density at radius 3 is 2.67 bits per heavy atom. The average Bonchev–Trinajstić information content (AvgIpc) is 2.28. The molecule has 1 saturated heterocycles. The van der Waals surface area contributed by atoms with Gasteiger partial charge in [0.15, 0.2) is 0 Å². The molecule has 1 unspecified atom stereocenters. The topological polar surface area (TPSA) is 58.9 Å². The second kappa shape index (κ2) is 3.70. The van der Waals surface area contributed by atoms with Gasteiger partial charge in [-0.15, -0.1) is 0 Å². The largest absolute Gasteiger partial charge is 0.393 e. The van der Waals surface area contributed by atoms with Crippen LogP contribution >= 0.6 is 0 Å². The molecule has 1 rings (SSSR count). The van der Waals surface area contributed by atoms with Crippen LogP contribution in [0.15, 0.2) is 0 Å². The normalized spacial score (nSPS) is 42.0. The minimum absolute atomic E-state index is 0.0118. The molecule has 1 aliphatic heterocycles. The van der Waals surface area contributed by atoms with Crippen molar-refractivity contribution in [1.29, 1.82) is 0 Å². The number of hydrogen-bond donors (Lipinski definition) is 2. The molecular formula is C8H16O4. The van der Waals surface area contributed by atoms with E-state index < -0.39 is 11.7 Å². The van der Waals surface area contributed by atoms with Crippen LogP contribution in [0, 0.1) is 0 Å². The molecule has 72 valence electrons. The molecule has 0 aliphatic carbocycles. The fourth-order valence-corrected chi connectivity index (χ4v) is 1.62. The second-order valence-electron chi connectivity index (χ2n) is 3.34. The Hall–Kier alpha value is -0.160. The summed E-state index contributed by atoms with van der Waals surface area (Å²) >= 11 is 0. The molecular weight excluding hydrogens is 160 g/mol. The molecule has 4 heteroatoms. The maximum Gasteiger partial charge on any atom is 0.140 e. The first-order chi connectivity index (χ1) is 5.64. The highest BCUT2D eigenvalue weighted by Crippen LogP contribution is 2.30. The molecule has 0 aromatic carbocycles. The maximum absolute atomic E-state index is 9.58. The summed E-state index contributed by atoms with van der Waals surface area (Å²) in [6, 6.07) is 0. The Labute approximate surface area is 72.1 Å². The van der Waals surface area contributed by atoms with Crippen molar-refractivity contribution >= 4 is 0 Å². The molecule has 1 fully saturated rings. The van der Waals surface area contributed by atoms with Gasteiger partial charge in [0.1, 0.15) is 5.60 Å². The van der Waals surface area contributed by atoms with E-state index >= 15 is 0 Å². The molecule has 0 saturated carbocycles. The van der Waals surface area contributed by atoms with Crippen molar-refractivity contribution in [2.45, 2.75) is 31.2 Å². The summed E-state index contributed by atoms with van der Waals surface area (Å²) in [7, 11) is 1.52. The van der Waals surface area contributed by atoms with Crippen molar-refractivity contribution in [2.75, 3.05) is 20.3 Å². The Kier molecular flexibility index (Phi) is 3.06. The van der Waals surface area contributed by atoms with E-state index in [1.807, 2.05) is 6.92 Å². The Morgan fingerprint density at radius 2 is 2.33 bits per heavy atom.